The Bertz CT molecular complexity index is 600. The lowest BCUT2D eigenvalue weighted by Gasteiger charge is -2.39. The van der Waals surface area contributed by atoms with Crippen LogP contribution < -0.4 is 4.90 Å². The summed E-state index contributed by atoms with van der Waals surface area (Å²) < 4.78 is 0. The highest BCUT2D eigenvalue weighted by Gasteiger charge is 2.27. The number of aliphatic imine (C=N–C) groups is 1. The number of likely N-dealkylation sites (N-methyl/N-ethyl adjacent to an activating group) is 2. The normalized spacial score (nSPS) is 21.5. The number of piperazine rings is 1. The molecular formula is C16H21ClN4. The topological polar surface area (TPSA) is 22.1 Å². The van der Waals surface area contributed by atoms with Gasteiger partial charge in [0.2, 0.25) is 0 Å². The number of nitrogens with zero attached hydrogens (tertiary/aromatic N) is 4. The summed E-state index contributed by atoms with van der Waals surface area (Å²) in [5.41, 5.74) is 3.20. The summed E-state index contributed by atoms with van der Waals surface area (Å²) in [6.45, 7) is 6.25. The molecule has 0 aromatic heterocycles. The highest BCUT2D eigenvalue weighted by atomic mass is 35.5. The average Bonchev–Trinajstić information content (AvgIpc) is 2.48. The molecule has 1 fully saturated rings. The van der Waals surface area contributed by atoms with E-state index in [9.17, 15) is 0 Å². The zero-order valence-electron chi connectivity index (χ0n) is 12.8. The fourth-order valence-corrected chi connectivity index (χ4v) is 3.05. The van der Waals surface area contributed by atoms with Crippen molar-refractivity contribution in [3.8, 4) is 0 Å². The number of hydrogen-bond acceptors (Lipinski definition) is 4. The van der Waals surface area contributed by atoms with Gasteiger partial charge in [-0.05, 0) is 32.2 Å². The monoisotopic (exact) mass is 304 g/mol. The molecule has 5 heteroatoms. The zero-order chi connectivity index (χ0) is 15.0. The fraction of sp³-hybridized carbons (Fsp3) is 0.438. The van der Waals surface area contributed by atoms with E-state index in [-0.39, 0.29) is 0 Å². The van der Waals surface area contributed by atoms with Crippen LogP contribution in [-0.2, 0) is 0 Å². The highest BCUT2D eigenvalue weighted by Crippen LogP contribution is 2.37. The van der Waals surface area contributed by atoms with E-state index < -0.39 is 0 Å². The third-order valence-electron chi connectivity index (χ3n) is 4.19. The Morgan fingerprint density at radius 1 is 1.14 bits per heavy atom. The van der Waals surface area contributed by atoms with E-state index in [1.165, 1.54) is 0 Å². The summed E-state index contributed by atoms with van der Waals surface area (Å²) in [6, 6.07) is 5.88. The third kappa shape index (κ3) is 2.65. The SMILES string of the molecule is CC=C1C(N2CCN(C)CC2)=Nc2ccc(Cl)cc2N1C. The van der Waals surface area contributed by atoms with Crippen molar-refractivity contribution in [2.45, 2.75) is 6.92 Å². The van der Waals surface area contributed by atoms with Gasteiger partial charge in [0.1, 0.15) is 0 Å². The molecule has 0 saturated carbocycles. The molecule has 4 nitrogen and oxygen atoms in total. The van der Waals surface area contributed by atoms with Crippen molar-refractivity contribution in [1.82, 2.24) is 9.80 Å². The quantitative estimate of drug-likeness (QED) is 0.736. The number of allylic oxidation sites excluding steroid dienone is 1. The van der Waals surface area contributed by atoms with Crippen LogP contribution in [0.1, 0.15) is 6.92 Å². The van der Waals surface area contributed by atoms with Crippen LogP contribution in [0.25, 0.3) is 0 Å². The Labute approximate surface area is 131 Å². The van der Waals surface area contributed by atoms with Crippen molar-refractivity contribution in [3.05, 3.63) is 35.0 Å². The van der Waals surface area contributed by atoms with Gasteiger partial charge in [0, 0.05) is 38.2 Å². The molecule has 0 aliphatic carbocycles. The van der Waals surface area contributed by atoms with Crippen LogP contribution in [-0.4, -0.2) is 55.9 Å². The molecular weight excluding hydrogens is 284 g/mol. The van der Waals surface area contributed by atoms with Gasteiger partial charge in [0.25, 0.3) is 0 Å². The maximum atomic E-state index is 6.12. The lowest BCUT2D eigenvalue weighted by atomic mass is 10.1. The molecule has 1 aromatic carbocycles. The molecule has 3 rings (SSSR count). The molecule has 0 amide bonds. The molecule has 2 heterocycles. The Morgan fingerprint density at radius 3 is 2.52 bits per heavy atom. The largest absolute Gasteiger partial charge is 0.352 e. The van der Waals surface area contributed by atoms with E-state index in [0.29, 0.717) is 0 Å². The molecule has 2 aliphatic heterocycles. The van der Waals surface area contributed by atoms with Crippen LogP contribution in [0.3, 0.4) is 0 Å². The minimum Gasteiger partial charge on any atom is -0.352 e. The summed E-state index contributed by atoms with van der Waals surface area (Å²) in [6.07, 6.45) is 2.13. The number of rotatable bonds is 0. The van der Waals surface area contributed by atoms with E-state index in [4.69, 9.17) is 16.6 Å². The summed E-state index contributed by atoms with van der Waals surface area (Å²) in [5, 5.41) is 0.745. The number of halogens is 1. The smallest absolute Gasteiger partial charge is 0.153 e. The van der Waals surface area contributed by atoms with E-state index in [1.54, 1.807) is 0 Å². The Balaban J connectivity index is 2.00. The lowest BCUT2D eigenvalue weighted by molar-refractivity contribution is 0.215. The minimum atomic E-state index is 0.745. The van der Waals surface area contributed by atoms with Crippen LogP contribution in [0.15, 0.2) is 35.0 Å². The van der Waals surface area contributed by atoms with E-state index in [1.807, 2.05) is 18.2 Å². The minimum absolute atomic E-state index is 0.745. The van der Waals surface area contributed by atoms with Gasteiger partial charge in [-0.3, -0.25) is 0 Å². The zero-order valence-corrected chi connectivity index (χ0v) is 13.6. The number of fused-ring (bicyclic) bond motifs is 1. The number of benzene rings is 1. The highest BCUT2D eigenvalue weighted by molar-refractivity contribution is 6.31. The number of hydrogen-bond donors (Lipinski definition) is 0. The maximum absolute atomic E-state index is 6.12. The van der Waals surface area contributed by atoms with Crippen LogP contribution >= 0.6 is 11.6 Å². The van der Waals surface area contributed by atoms with Crippen molar-refractivity contribution >= 4 is 28.8 Å². The molecule has 0 spiro atoms. The van der Waals surface area contributed by atoms with Gasteiger partial charge in [0.15, 0.2) is 5.84 Å². The first kappa shape index (κ1) is 14.4. The first-order chi connectivity index (χ1) is 10.1. The summed E-state index contributed by atoms with van der Waals surface area (Å²) in [4.78, 5) is 11.8. The van der Waals surface area contributed by atoms with Crippen molar-refractivity contribution in [1.29, 1.82) is 0 Å². The van der Waals surface area contributed by atoms with Crippen molar-refractivity contribution in [2.75, 3.05) is 45.2 Å². The van der Waals surface area contributed by atoms with Gasteiger partial charge in [-0.1, -0.05) is 17.7 Å². The predicted molar refractivity (Wildman–Crippen MR) is 89.8 cm³/mol. The molecule has 2 aliphatic rings. The van der Waals surface area contributed by atoms with Gasteiger partial charge in [-0.25, -0.2) is 4.99 Å². The van der Waals surface area contributed by atoms with Crippen LogP contribution in [0.2, 0.25) is 5.02 Å². The van der Waals surface area contributed by atoms with Crippen molar-refractivity contribution in [3.63, 3.8) is 0 Å². The van der Waals surface area contributed by atoms with Gasteiger partial charge in [-0.15, -0.1) is 0 Å². The van der Waals surface area contributed by atoms with E-state index in [2.05, 4.69) is 41.8 Å². The molecule has 0 atom stereocenters. The van der Waals surface area contributed by atoms with Crippen molar-refractivity contribution < 1.29 is 0 Å². The molecule has 1 saturated heterocycles. The van der Waals surface area contributed by atoms with Gasteiger partial charge < -0.3 is 14.7 Å². The fourth-order valence-electron chi connectivity index (χ4n) is 2.88. The second-order valence-electron chi connectivity index (χ2n) is 5.59. The Morgan fingerprint density at radius 2 is 1.86 bits per heavy atom. The van der Waals surface area contributed by atoms with Gasteiger partial charge in [0.05, 0.1) is 17.1 Å². The first-order valence-electron chi connectivity index (χ1n) is 7.32. The Hall–Kier alpha value is -1.52. The van der Waals surface area contributed by atoms with E-state index >= 15 is 0 Å². The lowest BCUT2D eigenvalue weighted by Crippen LogP contribution is -2.49. The first-order valence-corrected chi connectivity index (χ1v) is 7.70. The summed E-state index contributed by atoms with van der Waals surface area (Å²) in [7, 11) is 4.25. The number of amidine groups is 1. The van der Waals surface area contributed by atoms with Crippen LogP contribution in [0.5, 0.6) is 0 Å². The van der Waals surface area contributed by atoms with E-state index in [0.717, 1.165) is 54.1 Å². The maximum Gasteiger partial charge on any atom is 0.153 e. The Kier molecular flexibility index (Phi) is 3.91. The molecule has 0 bridgehead atoms. The molecule has 1 aromatic rings. The molecule has 0 radical (unpaired) electrons. The van der Waals surface area contributed by atoms with Gasteiger partial charge >= 0.3 is 0 Å². The molecule has 0 unspecified atom stereocenters. The van der Waals surface area contributed by atoms with Crippen molar-refractivity contribution in [2.24, 2.45) is 4.99 Å². The second-order valence-corrected chi connectivity index (χ2v) is 6.03. The summed E-state index contributed by atoms with van der Waals surface area (Å²) in [5.74, 6) is 1.07. The second kappa shape index (κ2) is 5.70. The van der Waals surface area contributed by atoms with Crippen LogP contribution in [0, 0.1) is 0 Å². The summed E-state index contributed by atoms with van der Waals surface area (Å²) >= 11 is 6.12. The molecule has 0 N–H and O–H groups in total. The number of anilines is 1. The van der Waals surface area contributed by atoms with Crippen LogP contribution in [0.4, 0.5) is 11.4 Å². The third-order valence-corrected chi connectivity index (χ3v) is 4.43. The standard InChI is InChI=1S/C16H21ClN4/c1-4-14-16(21-9-7-19(2)8-10-21)18-13-6-5-12(17)11-15(13)20(14)3/h4-6,11H,7-10H2,1-3H3. The van der Waals surface area contributed by atoms with Gasteiger partial charge in [-0.2, -0.15) is 0 Å². The predicted octanol–water partition coefficient (Wildman–Crippen LogP) is 2.97. The molecule has 112 valence electrons. The molecule has 21 heavy (non-hydrogen) atoms. The average molecular weight is 305 g/mol.